The highest BCUT2D eigenvalue weighted by Crippen LogP contribution is 2.24. The molecule has 3 nitrogen and oxygen atoms in total. The second-order valence-corrected chi connectivity index (χ2v) is 5.16. The van der Waals surface area contributed by atoms with E-state index in [0.29, 0.717) is 13.2 Å². The molecular formula is C14H18F2N2O. The molecular weight excluding hydrogens is 250 g/mol. The van der Waals surface area contributed by atoms with Gasteiger partial charge < -0.3 is 10.1 Å². The van der Waals surface area contributed by atoms with Crippen LogP contribution in [0, 0.1) is 28.4 Å². The zero-order valence-electron chi connectivity index (χ0n) is 11.4. The van der Waals surface area contributed by atoms with Crippen LogP contribution in [0.25, 0.3) is 0 Å². The zero-order chi connectivity index (χ0) is 14.5. The average Bonchev–Trinajstić information content (AvgIpc) is 2.38. The van der Waals surface area contributed by atoms with Crippen molar-refractivity contribution in [2.24, 2.45) is 5.41 Å². The molecule has 0 radical (unpaired) electrons. The van der Waals surface area contributed by atoms with Gasteiger partial charge in [-0.2, -0.15) is 5.26 Å². The van der Waals surface area contributed by atoms with Gasteiger partial charge in [-0.25, -0.2) is 8.78 Å². The molecule has 0 amide bonds. The van der Waals surface area contributed by atoms with Gasteiger partial charge in [-0.3, -0.25) is 0 Å². The maximum absolute atomic E-state index is 13.7. The SMILES string of the molecule is COCCC(C)(C)CNc1ccc(C#N)c(F)c1F. The van der Waals surface area contributed by atoms with Gasteiger partial charge >= 0.3 is 0 Å². The molecule has 0 atom stereocenters. The highest BCUT2D eigenvalue weighted by atomic mass is 19.2. The number of rotatable bonds is 6. The van der Waals surface area contributed by atoms with Gasteiger partial charge in [0, 0.05) is 20.3 Å². The molecule has 19 heavy (non-hydrogen) atoms. The van der Waals surface area contributed by atoms with Crippen LogP contribution in [0.15, 0.2) is 12.1 Å². The van der Waals surface area contributed by atoms with Crippen LogP contribution in [0.5, 0.6) is 0 Å². The van der Waals surface area contributed by atoms with Crippen molar-refractivity contribution in [3.05, 3.63) is 29.3 Å². The number of hydrogen-bond donors (Lipinski definition) is 1. The maximum Gasteiger partial charge on any atom is 0.183 e. The Bertz CT molecular complexity index is 481. The first-order valence-corrected chi connectivity index (χ1v) is 6.02. The molecule has 1 rings (SSSR count). The molecule has 0 aromatic heterocycles. The van der Waals surface area contributed by atoms with E-state index in [1.165, 1.54) is 12.1 Å². The number of nitrogens with one attached hydrogen (secondary N) is 1. The standard InChI is InChI=1S/C14H18F2N2O/c1-14(2,6-7-19-3)9-18-11-5-4-10(8-17)12(15)13(11)16/h4-5,18H,6-7,9H2,1-3H3. The number of nitriles is 1. The molecule has 0 fully saturated rings. The summed E-state index contributed by atoms with van der Waals surface area (Å²) < 4.78 is 32.1. The van der Waals surface area contributed by atoms with E-state index in [4.69, 9.17) is 10.00 Å². The Morgan fingerprint density at radius 1 is 1.32 bits per heavy atom. The van der Waals surface area contributed by atoms with Crippen LogP contribution in [0.1, 0.15) is 25.8 Å². The van der Waals surface area contributed by atoms with Gasteiger partial charge in [-0.15, -0.1) is 0 Å². The first kappa shape index (κ1) is 15.4. The summed E-state index contributed by atoms with van der Waals surface area (Å²) in [7, 11) is 1.62. The summed E-state index contributed by atoms with van der Waals surface area (Å²) in [5.74, 6) is -2.12. The predicted molar refractivity (Wildman–Crippen MR) is 69.8 cm³/mol. The minimum absolute atomic E-state index is 0.0713. The van der Waals surface area contributed by atoms with Crippen molar-refractivity contribution in [3.8, 4) is 6.07 Å². The molecule has 5 heteroatoms. The van der Waals surface area contributed by atoms with Gasteiger partial charge in [0.15, 0.2) is 11.6 Å². The molecule has 0 unspecified atom stereocenters. The van der Waals surface area contributed by atoms with Crippen LogP contribution in [0.3, 0.4) is 0 Å². The molecule has 1 N–H and O–H groups in total. The lowest BCUT2D eigenvalue weighted by molar-refractivity contribution is 0.157. The van der Waals surface area contributed by atoms with E-state index in [0.717, 1.165) is 6.42 Å². The summed E-state index contributed by atoms with van der Waals surface area (Å²) in [6.45, 7) is 5.12. The number of benzene rings is 1. The van der Waals surface area contributed by atoms with E-state index >= 15 is 0 Å². The molecule has 0 spiro atoms. The first-order valence-electron chi connectivity index (χ1n) is 6.02. The number of methoxy groups -OCH3 is 1. The summed E-state index contributed by atoms with van der Waals surface area (Å²) in [6.07, 6.45) is 0.802. The normalized spacial score (nSPS) is 11.2. The number of hydrogen-bond acceptors (Lipinski definition) is 3. The molecule has 0 aliphatic rings. The third kappa shape index (κ3) is 4.18. The third-order valence-electron chi connectivity index (χ3n) is 2.94. The van der Waals surface area contributed by atoms with Crippen LogP contribution in [-0.2, 0) is 4.74 Å². The molecule has 0 aliphatic heterocycles. The minimum atomic E-state index is -1.11. The Labute approximate surface area is 112 Å². The number of halogens is 2. The quantitative estimate of drug-likeness (QED) is 0.861. The van der Waals surface area contributed by atoms with Crippen LogP contribution >= 0.6 is 0 Å². The summed E-state index contributed by atoms with van der Waals surface area (Å²) in [5, 5.41) is 11.5. The van der Waals surface area contributed by atoms with E-state index in [1.54, 1.807) is 13.2 Å². The van der Waals surface area contributed by atoms with Crippen LogP contribution in [0.2, 0.25) is 0 Å². The fourth-order valence-electron chi connectivity index (χ4n) is 1.57. The molecule has 0 heterocycles. The van der Waals surface area contributed by atoms with Gasteiger partial charge in [-0.05, 0) is 24.0 Å². The smallest absolute Gasteiger partial charge is 0.183 e. The van der Waals surface area contributed by atoms with Crippen LogP contribution in [0.4, 0.5) is 14.5 Å². The van der Waals surface area contributed by atoms with Crippen molar-refractivity contribution < 1.29 is 13.5 Å². The van der Waals surface area contributed by atoms with Crippen molar-refractivity contribution in [3.63, 3.8) is 0 Å². The molecule has 1 aromatic carbocycles. The molecule has 0 saturated heterocycles. The molecule has 0 aliphatic carbocycles. The van der Waals surface area contributed by atoms with Gasteiger partial charge in [0.05, 0.1) is 11.3 Å². The number of ether oxygens (including phenoxy) is 1. The van der Waals surface area contributed by atoms with Crippen LogP contribution < -0.4 is 5.32 Å². The largest absolute Gasteiger partial charge is 0.385 e. The van der Waals surface area contributed by atoms with E-state index < -0.39 is 11.6 Å². The molecule has 0 saturated carbocycles. The second-order valence-electron chi connectivity index (χ2n) is 5.16. The van der Waals surface area contributed by atoms with Crippen LogP contribution in [-0.4, -0.2) is 20.3 Å². The summed E-state index contributed by atoms with van der Waals surface area (Å²) >= 11 is 0. The number of nitrogens with zero attached hydrogens (tertiary/aromatic N) is 1. The summed E-state index contributed by atoms with van der Waals surface area (Å²) in [5.41, 5.74) is -0.323. The second kappa shape index (κ2) is 6.48. The van der Waals surface area contributed by atoms with Gasteiger partial charge in [-0.1, -0.05) is 13.8 Å². The van der Waals surface area contributed by atoms with Crippen molar-refractivity contribution >= 4 is 5.69 Å². The summed E-state index contributed by atoms with van der Waals surface area (Å²) in [4.78, 5) is 0. The Morgan fingerprint density at radius 2 is 2.00 bits per heavy atom. The lowest BCUT2D eigenvalue weighted by atomic mass is 9.89. The Balaban J connectivity index is 2.74. The van der Waals surface area contributed by atoms with Gasteiger partial charge in [0.2, 0.25) is 0 Å². The maximum atomic E-state index is 13.7. The van der Waals surface area contributed by atoms with Crippen molar-refractivity contribution in [1.82, 2.24) is 0 Å². The van der Waals surface area contributed by atoms with E-state index in [9.17, 15) is 8.78 Å². The Hall–Kier alpha value is -1.67. The Kier molecular flexibility index (Phi) is 5.25. The van der Waals surface area contributed by atoms with E-state index in [2.05, 4.69) is 5.32 Å². The highest BCUT2D eigenvalue weighted by Gasteiger charge is 2.19. The highest BCUT2D eigenvalue weighted by molar-refractivity contribution is 5.49. The van der Waals surface area contributed by atoms with Crippen molar-refractivity contribution in [2.75, 3.05) is 25.6 Å². The monoisotopic (exact) mass is 268 g/mol. The summed E-state index contributed by atoms with van der Waals surface area (Å²) in [6, 6.07) is 4.25. The van der Waals surface area contributed by atoms with E-state index in [1.807, 2.05) is 13.8 Å². The van der Waals surface area contributed by atoms with Crippen molar-refractivity contribution in [1.29, 1.82) is 5.26 Å². The van der Waals surface area contributed by atoms with Crippen molar-refractivity contribution in [2.45, 2.75) is 20.3 Å². The molecule has 104 valence electrons. The minimum Gasteiger partial charge on any atom is -0.385 e. The Morgan fingerprint density at radius 3 is 2.58 bits per heavy atom. The average molecular weight is 268 g/mol. The molecule has 0 bridgehead atoms. The predicted octanol–water partition coefficient (Wildman–Crippen LogP) is 3.31. The fourth-order valence-corrected chi connectivity index (χ4v) is 1.57. The van der Waals surface area contributed by atoms with Gasteiger partial charge in [0.25, 0.3) is 0 Å². The third-order valence-corrected chi connectivity index (χ3v) is 2.94. The van der Waals surface area contributed by atoms with E-state index in [-0.39, 0.29) is 16.7 Å². The van der Waals surface area contributed by atoms with Gasteiger partial charge in [0.1, 0.15) is 6.07 Å². The first-order chi connectivity index (χ1) is 8.91. The molecule has 1 aromatic rings. The lowest BCUT2D eigenvalue weighted by Crippen LogP contribution is -2.25. The fraction of sp³-hybridized carbons (Fsp3) is 0.500. The zero-order valence-corrected chi connectivity index (χ0v) is 11.4. The lowest BCUT2D eigenvalue weighted by Gasteiger charge is -2.25. The number of anilines is 1. The topological polar surface area (TPSA) is 45.0 Å².